The van der Waals surface area contributed by atoms with E-state index in [-0.39, 0.29) is 0 Å². The molecule has 0 radical (unpaired) electrons. The van der Waals surface area contributed by atoms with Gasteiger partial charge in [0.05, 0.1) is 13.7 Å². The first-order valence-corrected chi connectivity index (χ1v) is 8.07. The second-order valence-corrected chi connectivity index (χ2v) is 5.41. The number of anilines is 1. The number of guanidine groups is 1. The Hall–Kier alpha value is -2.40. The summed E-state index contributed by atoms with van der Waals surface area (Å²) in [6.07, 6.45) is 0. The lowest BCUT2D eigenvalue weighted by molar-refractivity contribution is 0.311. The van der Waals surface area contributed by atoms with Crippen molar-refractivity contribution in [2.45, 2.75) is 13.5 Å². The number of halogens is 1. The molecule has 0 saturated carbocycles. The molecule has 24 heavy (non-hydrogen) atoms. The molecular weight excluding hydrogens is 326 g/mol. The van der Waals surface area contributed by atoms with Crippen molar-refractivity contribution in [3.8, 4) is 11.5 Å². The number of hydrogen-bond donors (Lipinski definition) is 2. The van der Waals surface area contributed by atoms with Crippen LogP contribution in [0, 0.1) is 0 Å². The number of rotatable bonds is 6. The average molecular weight is 348 g/mol. The molecule has 0 atom stereocenters. The molecule has 0 aliphatic carbocycles. The fraction of sp³-hybridized carbons (Fsp3) is 0.278. The maximum atomic E-state index is 5.90. The third kappa shape index (κ3) is 5.06. The number of benzene rings is 2. The van der Waals surface area contributed by atoms with Crippen molar-refractivity contribution in [1.29, 1.82) is 0 Å². The fourth-order valence-electron chi connectivity index (χ4n) is 2.13. The van der Waals surface area contributed by atoms with Crippen LogP contribution in [0.5, 0.6) is 11.5 Å². The SMILES string of the molecule is CCOc1cc(NC(=NC)NCc2ccc(Cl)cc2)ccc1OC. The van der Waals surface area contributed by atoms with Gasteiger partial charge in [-0.3, -0.25) is 4.99 Å². The zero-order valence-electron chi connectivity index (χ0n) is 14.1. The van der Waals surface area contributed by atoms with Crippen LogP contribution in [0.2, 0.25) is 5.02 Å². The smallest absolute Gasteiger partial charge is 0.195 e. The number of aliphatic imine (C=N–C) groups is 1. The maximum absolute atomic E-state index is 5.90. The summed E-state index contributed by atoms with van der Waals surface area (Å²) in [4.78, 5) is 4.23. The van der Waals surface area contributed by atoms with Gasteiger partial charge in [-0.15, -0.1) is 0 Å². The van der Waals surface area contributed by atoms with Gasteiger partial charge in [-0.25, -0.2) is 0 Å². The van der Waals surface area contributed by atoms with Crippen LogP contribution in [0.15, 0.2) is 47.5 Å². The van der Waals surface area contributed by atoms with Crippen LogP contribution in [0.4, 0.5) is 5.69 Å². The Morgan fingerprint density at radius 3 is 2.50 bits per heavy atom. The summed E-state index contributed by atoms with van der Waals surface area (Å²) in [5, 5.41) is 7.22. The van der Waals surface area contributed by atoms with Crippen LogP contribution >= 0.6 is 11.6 Å². The fourth-order valence-corrected chi connectivity index (χ4v) is 2.25. The Bertz CT molecular complexity index is 687. The molecule has 0 fully saturated rings. The van der Waals surface area contributed by atoms with Crippen LogP contribution in [-0.4, -0.2) is 26.7 Å². The molecule has 2 aromatic carbocycles. The Kier molecular flexibility index (Phi) is 6.75. The van der Waals surface area contributed by atoms with Crippen molar-refractivity contribution < 1.29 is 9.47 Å². The van der Waals surface area contributed by atoms with Crippen molar-refractivity contribution in [1.82, 2.24) is 5.32 Å². The maximum Gasteiger partial charge on any atom is 0.195 e. The summed E-state index contributed by atoms with van der Waals surface area (Å²) in [5.74, 6) is 2.06. The second kappa shape index (κ2) is 9.03. The Morgan fingerprint density at radius 2 is 1.88 bits per heavy atom. The predicted octanol–water partition coefficient (Wildman–Crippen LogP) is 3.93. The molecule has 0 saturated heterocycles. The second-order valence-electron chi connectivity index (χ2n) is 4.98. The Labute approximate surface area is 147 Å². The molecule has 0 heterocycles. The zero-order valence-corrected chi connectivity index (χ0v) is 14.9. The van der Waals surface area contributed by atoms with Gasteiger partial charge in [0.15, 0.2) is 17.5 Å². The van der Waals surface area contributed by atoms with Gasteiger partial charge in [0.25, 0.3) is 0 Å². The standard InChI is InChI=1S/C18H22ClN3O2/c1-4-24-17-11-15(9-10-16(17)23-3)22-18(20-2)21-12-13-5-7-14(19)8-6-13/h5-11H,4,12H2,1-3H3,(H2,20,21,22). The summed E-state index contributed by atoms with van der Waals surface area (Å²) < 4.78 is 10.9. The average Bonchev–Trinajstić information content (AvgIpc) is 2.60. The quantitative estimate of drug-likeness (QED) is 0.614. The largest absolute Gasteiger partial charge is 0.493 e. The highest BCUT2D eigenvalue weighted by atomic mass is 35.5. The van der Waals surface area contributed by atoms with Gasteiger partial charge in [0.1, 0.15) is 0 Å². The van der Waals surface area contributed by atoms with E-state index in [1.54, 1.807) is 14.2 Å². The Morgan fingerprint density at radius 1 is 1.12 bits per heavy atom. The molecule has 0 aromatic heterocycles. The molecule has 128 valence electrons. The van der Waals surface area contributed by atoms with E-state index in [1.807, 2.05) is 49.4 Å². The third-order valence-electron chi connectivity index (χ3n) is 3.32. The van der Waals surface area contributed by atoms with E-state index in [1.165, 1.54) is 0 Å². The number of ether oxygens (including phenoxy) is 2. The number of nitrogens with zero attached hydrogens (tertiary/aromatic N) is 1. The number of methoxy groups -OCH3 is 1. The van der Waals surface area contributed by atoms with Gasteiger partial charge in [-0.05, 0) is 36.8 Å². The summed E-state index contributed by atoms with van der Waals surface area (Å²) in [7, 11) is 3.35. The summed E-state index contributed by atoms with van der Waals surface area (Å²) >= 11 is 5.90. The first-order chi connectivity index (χ1) is 11.7. The normalized spacial score (nSPS) is 11.1. The lowest BCUT2D eigenvalue weighted by atomic mass is 10.2. The van der Waals surface area contributed by atoms with E-state index in [0.717, 1.165) is 16.3 Å². The molecule has 2 aromatic rings. The first-order valence-electron chi connectivity index (χ1n) is 7.69. The van der Waals surface area contributed by atoms with Gasteiger partial charge < -0.3 is 20.1 Å². The van der Waals surface area contributed by atoms with Crippen molar-refractivity contribution in [3.63, 3.8) is 0 Å². The van der Waals surface area contributed by atoms with Gasteiger partial charge in [-0.2, -0.15) is 0 Å². The zero-order chi connectivity index (χ0) is 17.4. The molecule has 2 rings (SSSR count). The highest BCUT2D eigenvalue weighted by Gasteiger charge is 2.07. The van der Waals surface area contributed by atoms with E-state index in [4.69, 9.17) is 21.1 Å². The monoisotopic (exact) mass is 347 g/mol. The van der Waals surface area contributed by atoms with Crippen LogP contribution < -0.4 is 20.1 Å². The highest BCUT2D eigenvalue weighted by Crippen LogP contribution is 2.30. The number of nitrogens with one attached hydrogen (secondary N) is 2. The topological polar surface area (TPSA) is 54.9 Å². The molecule has 5 nitrogen and oxygen atoms in total. The molecule has 0 spiro atoms. The van der Waals surface area contributed by atoms with Gasteiger partial charge in [0.2, 0.25) is 0 Å². The van der Waals surface area contributed by atoms with Gasteiger partial charge in [-0.1, -0.05) is 23.7 Å². The van der Waals surface area contributed by atoms with E-state index in [0.29, 0.717) is 30.6 Å². The predicted molar refractivity (Wildman–Crippen MR) is 99.4 cm³/mol. The Balaban J connectivity index is 2.02. The molecular formula is C18H22ClN3O2. The van der Waals surface area contributed by atoms with Crippen LogP contribution in [0.25, 0.3) is 0 Å². The van der Waals surface area contributed by atoms with Crippen molar-refractivity contribution in [2.75, 3.05) is 26.1 Å². The molecule has 0 amide bonds. The van der Waals surface area contributed by atoms with Crippen molar-refractivity contribution in [3.05, 3.63) is 53.1 Å². The molecule has 6 heteroatoms. The van der Waals surface area contributed by atoms with E-state index < -0.39 is 0 Å². The van der Waals surface area contributed by atoms with Crippen molar-refractivity contribution in [2.24, 2.45) is 4.99 Å². The summed E-state index contributed by atoms with van der Waals surface area (Å²) in [6, 6.07) is 13.3. The van der Waals surface area contributed by atoms with Gasteiger partial charge >= 0.3 is 0 Å². The van der Waals surface area contributed by atoms with Crippen LogP contribution in [0.3, 0.4) is 0 Å². The lowest BCUT2D eigenvalue weighted by Gasteiger charge is -2.14. The van der Waals surface area contributed by atoms with Crippen LogP contribution in [0.1, 0.15) is 12.5 Å². The first kappa shape index (κ1) is 17.9. The lowest BCUT2D eigenvalue weighted by Crippen LogP contribution is -2.30. The molecule has 0 aliphatic heterocycles. The molecule has 0 bridgehead atoms. The number of hydrogen-bond acceptors (Lipinski definition) is 3. The minimum atomic E-state index is 0.573. The minimum Gasteiger partial charge on any atom is -0.493 e. The van der Waals surface area contributed by atoms with Crippen LogP contribution in [-0.2, 0) is 6.54 Å². The summed E-state index contributed by atoms with van der Waals surface area (Å²) in [5.41, 5.74) is 1.98. The van der Waals surface area contributed by atoms with Crippen molar-refractivity contribution >= 4 is 23.2 Å². The molecule has 0 unspecified atom stereocenters. The minimum absolute atomic E-state index is 0.573. The van der Waals surface area contributed by atoms with E-state index >= 15 is 0 Å². The van der Waals surface area contributed by atoms with E-state index in [2.05, 4.69) is 15.6 Å². The molecule has 0 aliphatic rings. The third-order valence-corrected chi connectivity index (χ3v) is 3.58. The summed E-state index contributed by atoms with van der Waals surface area (Å²) in [6.45, 7) is 3.15. The highest BCUT2D eigenvalue weighted by molar-refractivity contribution is 6.30. The van der Waals surface area contributed by atoms with Gasteiger partial charge in [0, 0.05) is 30.4 Å². The molecule has 2 N–H and O–H groups in total. The van der Waals surface area contributed by atoms with E-state index in [9.17, 15) is 0 Å².